The maximum absolute atomic E-state index is 13.1. The molecule has 6 heteroatoms. The number of thiazole rings is 1. The molecule has 0 amide bonds. The smallest absolute Gasteiger partial charge is 0.333 e. The molecule has 2 aromatic carbocycles. The molecule has 0 aliphatic heterocycles. The van der Waals surface area contributed by atoms with Gasteiger partial charge in [-0.3, -0.25) is 4.79 Å². The molecule has 4 nitrogen and oxygen atoms in total. The predicted octanol–water partition coefficient (Wildman–Crippen LogP) is 3.47. The Morgan fingerprint density at radius 1 is 1.09 bits per heavy atom. The third-order valence-corrected chi connectivity index (χ3v) is 4.27. The zero-order chi connectivity index (χ0) is 15.1. The molecule has 4 rings (SSSR count). The second-order valence-electron chi connectivity index (χ2n) is 4.82. The molecular weight excluding hydrogens is 303 g/mol. The Morgan fingerprint density at radius 3 is 2.68 bits per heavy atom. The van der Waals surface area contributed by atoms with Gasteiger partial charge < -0.3 is 9.40 Å². The number of fused-ring (bicyclic) bond motifs is 1. The van der Waals surface area contributed by atoms with Crippen LogP contribution in [0.4, 0.5) is 4.39 Å². The van der Waals surface area contributed by atoms with Gasteiger partial charge in [-0.15, -0.1) is 0 Å². The fourth-order valence-corrected chi connectivity index (χ4v) is 3.18. The number of hydrogen-bond acceptors (Lipinski definition) is 3. The van der Waals surface area contributed by atoms with Crippen molar-refractivity contribution in [1.29, 1.82) is 0 Å². The highest BCUT2D eigenvalue weighted by atomic mass is 32.1. The Hall–Kier alpha value is -2.73. The van der Waals surface area contributed by atoms with E-state index in [1.54, 1.807) is 12.1 Å². The maximum Gasteiger partial charge on any atom is 0.333 e. The van der Waals surface area contributed by atoms with E-state index in [-0.39, 0.29) is 10.7 Å². The Morgan fingerprint density at radius 2 is 1.86 bits per heavy atom. The average molecular weight is 313 g/mol. The lowest BCUT2D eigenvalue weighted by Crippen LogP contribution is -2.00. The minimum absolute atomic E-state index is 0.0862. The lowest BCUT2D eigenvalue weighted by Gasteiger charge is -1.98. The fraction of sp³-hybridized carbons (Fsp3) is 0. The van der Waals surface area contributed by atoms with Gasteiger partial charge in [0.1, 0.15) is 5.82 Å². The molecule has 2 N–H and O–H groups in total. The van der Waals surface area contributed by atoms with Crippen LogP contribution in [0.2, 0.25) is 0 Å². The molecule has 0 spiro atoms. The van der Waals surface area contributed by atoms with Crippen molar-refractivity contribution in [2.24, 2.45) is 0 Å². The molecule has 0 unspecified atom stereocenters. The molecule has 0 aliphatic rings. The van der Waals surface area contributed by atoms with Crippen LogP contribution in [0.1, 0.15) is 0 Å². The van der Waals surface area contributed by atoms with Gasteiger partial charge in [0.2, 0.25) is 5.76 Å². The fourth-order valence-electron chi connectivity index (χ4n) is 2.40. The van der Waals surface area contributed by atoms with Gasteiger partial charge in [-0.1, -0.05) is 11.3 Å². The number of hydrogen-bond donors (Lipinski definition) is 1. The molecule has 0 atom stereocenters. The standard InChI is InChI=1S/C16H9FN2O2S/c17-11-4-1-9(2-5-11)14-15(21-8-18-14)10-3-6-12-13(7-10)22-16(20)19-12/h1-8H,(H,19,20)/p+1. The van der Waals surface area contributed by atoms with E-state index >= 15 is 0 Å². The van der Waals surface area contributed by atoms with Crippen LogP contribution in [0.3, 0.4) is 0 Å². The van der Waals surface area contributed by atoms with Crippen molar-refractivity contribution in [2.45, 2.75) is 0 Å². The molecule has 0 saturated carbocycles. The molecule has 0 bridgehead atoms. The van der Waals surface area contributed by atoms with E-state index in [1.807, 2.05) is 18.2 Å². The summed E-state index contributed by atoms with van der Waals surface area (Å²) in [6, 6.07) is 11.8. The van der Waals surface area contributed by atoms with Crippen LogP contribution in [0.25, 0.3) is 32.8 Å². The highest BCUT2D eigenvalue weighted by Crippen LogP contribution is 2.31. The number of oxazole rings is 1. The number of aromatic nitrogens is 2. The predicted molar refractivity (Wildman–Crippen MR) is 82.1 cm³/mol. The van der Waals surface area contributed by atoms with Crippen LogP contribution in [-0.4, -0.2) is 4.98 Å². The number of nitrogens with one attached hydrogen (secondary N) is 2. The topological polar surface area (TPSA) is 60.1 Å². The summed E-state index contributed by atoms with van der Waals surface area (Å²) in [4.78, 5) is 17.1. The van der Waals surface area contributed by atoms with Crippen LogP contribution in [-0.2, 0) is 0 Å². The first-order valence-corrected chi connectivity index (χ1v) is 7.41. The second-order valence-corrected chi connectivity index (χ2v) is 5.83. The summed E-state index contributed by atoms with van der Waals surface area (Å²) < 4.78 is 19.5. The molecule has 108 valence electrons. The first-order valence-electron chi connectivity index (χ1n) is 6.59. The number of halogens is 1. The van der Waals surface area contributed by atoms with E-state index in [1.165, 1.54) is 18.5 Å². The largest absolute Gasteiger partial charge is 0.403 e. The molecule has 2 heterocycles. The Bertz CT molecular complexity index is 1010. The minimum atomic E-state index is -0.285. The number of aromatic amines is 2. The van der Waals surface area contributed by atoms with Crippen LogP contribution in [0.15, 0.2) is 58.1 Å². The third-order valence-electron chi connectivity index (χ3n) is 3.42. The molecule has 22 heavy (non-hydrogen) atoms. The van der Waals surface area contributed by atoms with E-state index < -0.39 is 0 Å². The van der Waals surface area contributed by atoms with E-state index in [9.17, 15) is 9.18 Å². The molecule has 0 saturated heterocycles. The molecule has 0 radical (unpaired) electrons. The van der Waals surface area contributed by atoms with Crippen LogP contribution < -0.4 is 9.86 Å². The lowest BCUT2D eigenvalue weighted by atomic mass is 10.1. The summed E-state index contributed by atoms with van der Waals surface area (Å²) in [5.41, 5.74) is 3.25. The van der Waals surface area contributed by atoms with Gasteiger partial charge >= 0.3 is 11.3 Å². The molecule has 0 aliphatic carbocycles. The van der Waals surface area contributed by atoms with Crippen LogP contribution in [0.5, 0.6) is 0 Å². The highest BCUT2D eigenvalue weighted by Gasteiger charge is 2.19. The summed E-state index contributed by atoms with van der Waals surface area (Å²) in [5, 5.41) is 0. The molecular formula is C16H10FN2O2S+. The quantitative estimate of drug-likeness (QED) is 0.616. The van der Waals surface area contributed by atoms with Gasteiger partial charge in [-0.2, -0.15) is 4.98 Å². The Labute approximate surface area is 127 Å². The lowest BCUT2D eigenvalue weighted by molar-refractivity contribution is -0.371. The SMILES string of the molecule is O=c1[nH]c2ccc(-c3oc[nH+]c3-c3ccc(F)cc3)cc2s1. The van der Waals surface area contributed by atoms with Crippen molar-refractivity contribution in [3.05, 3.63) is 64.3 Å². The van der Waals surface area contributed by atoms with Gasteiger partial charge in [0, 0.05) is 5.56 Å². The van der Waals surface area contributed by atoms with Crippen molar-refractivity contribution in [1.82, 2.24) is 4.98 Å². The maximum atomic E-state index is 13.1. The normalized spacial score (nSPS) is 11.1. The van der Waals surface area contributed by atoms with Crippen molar-refractivity contribution in [3.8, 4) is 22.6 Å². The van der Waals surface area contributed by atoms with Gasteiger partial charge in [0.05, 0.1) is 15.8 Å². The van der Waals surface area contributed by atoms with Gasteiger partial charge in [-0.25, -0.2) is 4.39 Å². The second kappa shape index (κ2) is 4.92. The number of benzene rings is 2. The first-order chi connectivity index (χ1) is 10.7. The highest BCUT2D eigenvalue weighted by molar-refractivity contribution is 7.16. The summed E-state index contributed by atoms with van der Waals surface area (Å²) >= 11 is 1.15. The summed E-state index contributed by atoms with van der Waals surface area (Å²) in [6.07, 6.45) is 1.48. The van der Waals surface area contributed by atoms with Gasteiger partial charge in [0.15, 0.2) is 0 Å². The average Bonchev–Trinajstić information content (AvgIpc) is 3.12. The van der Waals surface area contributed by atoms with E-state index in [4.69, 9.17) is 4.42 Å². The summed E-state index contributed by atoms with van der Waals surface area (Å²) in [6.45, 7) is 0. The zero-order valence-corrected chi connectivity index (χ0v) is 12.0. The molecule has 0 fully saturated rings. The van der Waals surface area contributed by atoms with E-state index in [0.29, 0.717) is 5.76 Å². The summed E-state index contributed by atoms with van der Waals surface area (Å²) in [5.74, 6) is 0.363. The first kappa shape index (κ1) is 13.0. The number of rotatable bonds is 2. The third kappa shape index (κ3) is 2.14. The van der Waals surface area contributed by atoms with Gasteiger partial charge in [-0.05, 0) is 42.5 Å². The molecule has 4 aromatic rings. The summed E-state index contributed by atoms with van der Waals surface area (Å²) in [7, 11) is 0. The molecule has 2 aromatic heterocycles. The monoisotopic (exact) mass is 313 g/mol. The van der Waals surface area contributed by atoms with Crippen molar-refractivity contribution in [3.63, 3.8) is 0 Å². The number of H-pyrrole nitrogens is 2. The zero-order valence-electron chi connectivity index (χ0n) is 11.2. The Balaban J connectivity index is 1.86. The van der Waals surface area contributed by atoms with Crippen LogP contribution >= 0.6 is 11.3 Å². The Kier molecular flexibility index (Phi) is 2.90. The van der Waals surface area contributed by atoms with E-state index in [2.05, 4.69) is 9.97 Å². The van der Waals surface area contributed by atoms with Gasteiger partial charge in [0.25, 0.3) is 5.69 Å². The van der Waals surface area contributed by atoms with Crippen molar-refractivity contribution in [2.75, 3.05) is 0 Å². The van der Waals surface area contributed by atoms with Crippen LogP contribution in [0, 0.1) is 5.82 Å². The van der Waals surface area contributed by atoms with E-state index in [0.717, 1.165) is 38.4 Å². The van der Waals surface area contributed by atoms with Crippen molar-refractivity contribution >= 4 is 21.6 Å². The van der Waals surface area contributed by atoms with Crippen molar-refractivity contribution < 1.29 is 13.8 Å². The minimum Gasteiger partial charge on any atom is -0.403 e.